The van der Waals surface area contributed by atoms with Crippen LogP contribution >= 0.6 is 0 Å². The lowest BCUT2D eigenvalue weighted by Gasteiger charge is -2.30. The van der Waals surface area contributed by atoms with Gasteiger partial charge in [0.15, 0.2) is 6.04 Å². The minimum absolute atomic E-state index is 0.209. The number of hydrogen-bond donors (Lipinski definition) is 4. The molecule has 2 aromatic heterocycles. The van der Waals surface area contributed by atoms with Crippen molar-refractivity contribution in [3.05, 3.63) is 61.9 Å². The Morgan fingerprint density at radius 2 is 2.04 bits per heavy atom. The van der Waals surface area contributed by atoms with Crippen LogP contribution in [0.1, 0.15) is 49.2 Å². The number of H-pyrrole nitrogens is 2. The van der Waals surface area contributed by atoms with Crippen molar-refractivity contribution >= 4 is 10.9 Å². The Morgan fingerprint density at radius 1 is 1.30 bits per heavy atom. The first-order valence-corrected chi connectivity index (χ1v) is 9.43. The fourth-order valence-corrected chi connectivity index (χ4v) is 4.24. The molecule has 0 bridgehead atoms. The Labute approximate surface area is 156 Å². The minimum Gasteiger partial charge on any atom is -0.494 e. The van der Waals surface area contributed by atoms with Crippen molar-refractivity contribution in [1.82, 2.24) is 14.5 Å². The molecule has 3 heterocycles. The molecule has 3 atom stereocenters. The normalized spacial score (nSPS) is 20.6. The average Bonchev–Trinajstić information content (AvgIpc) is 3.01. The molecule has 4 rings (SSSR count). The number of nitrogens with one attached hydrogen (secondary N) is 3. The molecule has 1 aromatic carbocycles. The quantitative estimate of drug-likeness (QED) is 0.551. The zero-order chi connectivity index (χ0) is 19.3. The van der Waals surface area contributed by atoms with Crippen LogP contribution in [0.4, 0.5) is 0 Å². The number of benzene rings is 1. The maximum atomic E-state index is 12.7. The molecule has 1 aliphatic rings. The van der Waals surface area contributed by atoms with Gasteiger partial charge in [0.1, 0.15) is 5.56 Å². The summed E-state index contributed by atoms with van der Waals surface area (Å²) in [6, 6.07) is 7.50. The van der Waals surface area contributed by atoms with Crippen molar-refractivity contribution in [3.8, 4) is 5.88 Å². The van der Waals surface area contributed by atoms with Crippen LogP contribution in [0.5, 0.6) is 5.88 Å². The lowest BCUT2D eigenvalue weighted by atomic mass is 9.93. The van der Waals surface area contributed by atoms with Crippen LogP contribution in [0, 0.1) is 0 Å². The predicted molar refractivity (Wildman–Crippen MR) is 104 cm³/mol. The van der Waals surface area contributed by atoms with Gasteiger partial charge in [0, 0.05) is 23.4 Å². The molecular weight excluding hydrogens is 344 g/mol. The van der Waals surface area contributed by atoms with E-state index in [1.54, 1.807) is 0 Å². The molecule has 1 unspecified atom stereocenters. The molecule has 0 fully saturated rings. The summed E-state index contributed by atoms with van der Waals surface area (Å²) in [4.78, 5) is 32.0. The van der Waals surface area contributed by atoms with Crippen molar-refractivity contribution in [2.45, 2.75) is 38.8 Å². The van der Waals surface area contributed by atoms with Crippen molar-refractivity contribution in [3.63, 3.8) is 0 Å². The Balaban J connectivity index is 2.00. The van der Waals surface area contributed by atoms with Gasteiger partial charge in [0.25, 0.3) is 5.56 Å². The highest BCUT2D eigenvalue weighted by Gasteiger charge is 2.38. The molecular formula is C20H25N4O3+. The van der Waals surface area contributed by atoms with E-state index in [4.69, 9.17) is 0 Å². The third-order valence-electron chi connectivity index (χ3n) is 5.87. The Kier molecular flexibility index (Phi) is 4.19. The molecule has 0 saturated heterocycles. The van der Waals surface area contributed by atoms with Gasteiger partial charge in [-0.2, -0.15) is 0 Å². The first kappa shape index (κ1) is 17.6. The third kappa shape index (κ3) is 2.61. The zero-order valence-corrected chi connectivity index (χ0v) is 15.8. The molecule has 3 aromatic rings. The number of aromatic amines is 2. The van der Waals surface area contributed by atoms with Crippen LogP contribution in [0.3, 0.4) is 0 Å². The minimum atomic E-state index is -0.569. The lowest BCUT2D eigenvalue weighted by molar-refractivity contribution is -0.908. The zero-order valence-electron chi connectivity index (χ0n) is 15.8. The highest BCUT2D eigenvalue weighted by Crippen LogP contribution is 2.33. The van der Waals surface area contributed by atoms with Crippen LogP contribution < -0.4 is 16.1 Å². The highest BCUT2D eigenvalue weighted by molar-refractivity contribution is 5.85. The van der Waals surface area contributed by atoms with Gasteiger partial charge < -0.3 is 15.0 Å². The second-order valence-electron chi connectivity index (χ2n) is 7.47. The van der Waals surface area contributed by atoms with Gasteiger partial charge in [-0.3, -0.25) is 14.3 Å². The van der Waals surface area contributed by atoms with Crippen LogP contribution in [0.15, 0.2) is 33.9 Å². The van der Waals surface area contributed by atoms with E-state index < -0.39 is 11.2 Å². The Bertz CT molecular complexity index is 1120. The van der Waals surface area contributed by atoms with Gasteiger partial charge >= 0.3 is 5.69 Å². The number of aromatic nitrogens is 3. The van der Waals surface area contributed by atoms with E-state index in [0.717, 1.165) is 34.5 Å². The van der Waals surface area contributed by atoms with E-state index in [1.165, 1.54) is 10.1 Å². The summed E-state index contributed by atoms with van der Waals surface area (Å²) >= 11 is 0. The van der Waals surface area contributed by atoms with Gasteiger partial charge in [-0.05, 0) is 25.0 Å². The van der Waals surface area contributed by atoms with Gasteiger partial charge in [-0.25, -0.2) is 4.79 Å². The average molecular weight is 369 g/mol. The summed E-state index contributed by atoms with van der Waals surface area (Å²) in [7, 11) is 2.01. The van der Waals surface area contributed by atoms with E-state index in [2.05, 4.69) is 16.0 Å². The smallest absolute Gasteiger partial charge is 0.331 e. The molecule has 0 spiro atoms. The van der Waals surface area contributed by atoms with Gasteiger partial charge in [0.2, 0.25) is 5.88 Å². The van der Waals surface area contributed by atoms with E-state index in [-0.39, 0.29) is 23.5 Å². The number of nitrogens with zero attached hydrogens (tertiary/aromatic N) is 1. The van der Waals surface area contributed by atoms with Crippen LogP contribution in [-0.4, -0.2) is 33.2 Å². The molecule has 27 heavy (non-hydrogen) atoms. The van der Waals surface area contributed by atoms with E-state index in [1.807, 2.05) is 39.1 Å². The first-order valence-electron chi connectivity index (χ1n) is 9.43. The lowest BCUT2D eigenvalue weighted by Crippen LogP contribution is -3.10. The number of fused-ring (bicyclic) bond motifs is 3. The Morgan fingerprint density at radius 3 is 2.78 bits per heavy atom. The highest BCUT2D eigenvalue weighted by atomic mass is 16.3. The second kappa shape index (κ2) is 6.42. The number of rotatable bonds is 3. The fourth-order valence-electron chi connectivity index (χ4n) is 4.24. The van der Waals surface area contributed by atoms with Crippen LogP contribution in [0.25, 0.3) is 10.9 Å². The SMILES string of the molecule is CC[C@@H](C)n1c(O)c([C@@H]2c3[nH]c4ccccc4c3CC[NH+]2C)c(=O)[nH]c1=O. The van der Waals surface area contributed by atoms with E-state index in [0.29, 0.717) is 6.42 Å². The summed E-state index contributed by atoms with van der Waals surface area (Å²) in [6.45, 7) is 4.63. The van der Waals surface area contributed by atoms with Crippen molar-refractivity contribution < 1.29 is 10.0 Å². The second-order valence-corrected chi connectivity index (χ2v) is 7.47. The molecule has 7 heteroatoms. The molecule has 1 aliphatic heterocycles. The summed E-state index contributed by atoms with van der Waals surface area (Å²) in [5.41, 5.74) is 2.30. The van der Waals surface area contributed by atoms with E-state index >= 15 is 0 Å². The number of quaternary nitrogens is 1. The summed E-state index contributed by atoms with van der Waals surface area (Å²) in [5.74, 6) is -0.228. The standard InChI is InChI=1S/C20H24N4O3/c1-4-11(2)24-19(26)15(18(25)22-20(24)27)17-16-13(9-10-23(17)3)12-7-5-6-8-14(12)21-16/h5-8,11,17,21,26H,4,9-10H2,1-3H3,(H,22,25,27)/p+1/t11-,17-/m1/s1. The molecule has 4 N–H and O–H groups in total. The molecule has 0 amide bonds. The summed E-state index contributed by atoms with van der Waals surface area (Å²) in [6.07, 6.45) is 1.56. The molecule has 0 saturated carbocycles. The fraction of sp³-hybridized carbons (Fsp3) is 0.400. The van der Waals surface area contributed by atoms with Crippen LogP contribution in [0.2, 0.25) is 0 Å². The van der Waals surface area contributed by atoms with Crippen molar-refractivity contribution in [1.29, 1.82) is 0 Å². The monoisotopic (exact) mass is 369 g/mol. The van der Waals surface area contributed by atoms with Crippen molar-refractivity contribution in [2.24, 2.45) is 0 Å². The maximum absolute atomic E-state index is 12.7. The Hall–Kier alpha value is -2.80. The summed E-state index contributed by atoms with van der Waals surface area (Å²) < 4.78 is 1.29. The topological polar surface area (TPSA) is 95.3 Å². The molecule has 142 valence electrons. The number of likely N-dealkylation sites (N-methyl/N-ethyl adjacent to an activating group) is 1. The molecule has 0 radical (unpaired) electrons. The first-order chi connectivity index (χ1) is 12.9. The maximum Gasteiger partial charge on any atom is 0.331 e. The van der Waals surface area contributed by atoms with Gasteiger partial charge in [0.05, 0.1) is 19.3 Å². The predicted octanol–water partition coefficient (Wildman–Crippen LogP) is 0.855. The number of para-hydroxylation sites is 1. The van der Waals surface area contributed by atoms with Gasteiger partial charge in [-0.1, -0.05) is 25.1 Å². The molecule has 7 nitrogen and oxygen atoms in total. The number of hydrogen-bond acceptors (Lipinski definition) is 3. The third-order valence-corrected chi connectivity index (χ3v) is 5.87. The van der Waals surface area contributed by atoms with Gasteiger partial charge in [-0.15, -0.1) is 0 Å². The van der Waals surface area contributed by atoms with Crippen LogP contribution in [-0.2, 0) is 6.42 Å². The van der Waals surface area contributed by atoms with E-state index in [9.17, 15) is 14.7 Å². The summed E-state index contributed by atoms with van der Waals surface area (Å²) in [5, 5.41) is 12.1. The largest absolute Gasteiger partial charge is 0.494 e. The molecule has 0 aliphatic carbocycles. The number of aromatic hydroxyl groups is 1. The van der Waals surface area contributed by atoms with Crippen molar-refractivity contribution in [2.75, 3.05) is 13.6 Å².